The van der Waals surface area contributed by atoms with Crippen LogP contribution in [0.1, 0.15) is 5.82 Å². The van der Waals surface area contributed by atoms with Gasteiger partial charge in [0.15, 0.2) is 5.82 Å². The summed E-state index contributed by atoms with van der Waals surface area (Å²) in [7, 11) is 1.67. The predicted octanol–water partition coefficient (Wildman–Crippen LogP) is -0.419. The normalized spacial score (nSPS) is 11.2. The van der Waals surface area contributed by atoms with Crippen LogP contribution in [-0.4, -0.2) is 46.4 Å². The predicted molar refractivity (Wildman–Crippen MR) is 47.3 cm³/mol. The van der Waals surface area contributed by atoms with E-state index in [0.717, 1.165) is 0 Å². The summed E-state index contributed by atoms with van der Waals surface area (Å²) in [6.45, 7) is 0.645. The molecule has 0 saturated heterocycles. The monoisotopic (exact) mass is 221 g/mol. The van der Waals surface area contributed by atoms with Crippen LogP contribution >= 0.6 is 0 Å². The molecule has 0 bridgehead atoms. The summed E-state index contributed by atoms with van der Waals surface area (Å²) < 4.78 is 27.9. The van der Waals surface area contributed by atoms with E-state index in [1.54, 1.807) is 7.05 Å². The quantitative estimate of drug-likeness (QED) is 0.633. The van der Waals surface area contributed by atoms with E-state index >= 15 is 0 Å². The smallest absolute Gasteiger partial charge is 0.261 e. The summed E-state index contributed by atoms with van der Waals surface area (Å²) >= 11 is 0. The van der Waals surface area contributed by atoms with Crippen molar-refractivity contribution in [2.75, 3.05) is 19.8 Å². The summed E-state index contributed by atoms with van der Waals surface area (Å²) in [6.07, 6.45) is -2.41. The van der Waals surface area contributed by atoms with Gasteiger partial charge in [0.2, 0.25) is 0 Å². The van der Waals surface area contributed by atoms with Gasteiger partial charge in [0.25, 0.3) is 6.43 Å². The molecule has 15 heavy (non-hydrogen) atoms. The maximum Gasteiger partial charge on any atom is 0.261 e. The Hall–Kier alpha value is -1.15. The highest BCUT2D eigenvalue weighted by Crippen LogP contribution is 1.91. The van der Waals surface area contributed by atoms with E-state index in [0.29, 0.717) is 18.9 Å². The molecular weight excluding hydrogens is 208 g/mol. The van der Waals surface area contributed by atoms with Crippen LogP contribution in [0.4, 0.5) is 8.78 Å². The van der Waals surface area contributed by atoms with Gasteiger partial charge in [0.1, 0.15) is 6.61 Å². The fraction of sp³-hybridized carbons (Fsp3) is 0.857. The van der Waals surface area contributed by atoms with Gasteiger partial charge < -0.3 is 10.1 Å². The third kappa shape index (κ3) is 5.33. The van der Waals surface area contributed by atoms with Crippen LogP contribution in [0.25, 0.3) is 0 Å². The van der Waals surface area contributed by atoms with E-state index < -0.39 is 13.0 Å². The van der Waals surface area contributed by atoms with Crippen molar-refractivity contribution in [2.45, 2.75) is 13.0 Å². The molecule has 1 rings (SSSR count). The second kappa shape index (κ2) is 6.36. The molecule has 86 valence electrons. The molecule has 1 aromatic heterocycles. The molecule has 0 aliphatic rings. The summed E-state index contributed by atoms with van der Waals surface area (Å²) in [5.41, 5.74) is 0. The van der Waals surface area contributed by atoms with Gasteiger partial charge >= 0.3 is 0 Å². The minimum Gasteiger partial charge on any atom is -0.374 e. The molecule has 0 fully saturated rings. The van der Waals surface area contributed by atoms with Gasteiger partial charge in [-0.15, -0.1) is 10.2 Å². The number of hydrogen-bond donors (Lipinski definition) is 1. The van der Waals surface area contributed by atoms with E-state index in [-0.39, 0.29) is 6.61 Å². The Morgan fingerprint density at radius 1 is 1.53 bits per heavy atom. The van der Waals surface area contributed by atoms with Gasteiger partial charge in [0, 0.05) is 6.54 Å². The molecule has 0 atom stereocenters. The van der Waals surface area contributed by atoms with Crippen LogP contribution in [0.15, 0.2) is 0 Å². The molecule has 0 aliphatic heterocycles. The number of hydrogen-bond acceptors (Lipinski definition) is 5. The molecule has 1 N–H and O–H groups in total. The van der Waals surface area contributed by atoms with E-state index in [2.05, 4.69) is 25.5 Å². The molecule has 0 aliphatic carbocycles. The van der Waals surface area contributed by atoms with Crippen molar-refractivity contribution in [1.82, 2.24) is 25.5 Å². The number of nitrogens with zero attached hydrogens (tertiary/aromatic N) is 4. The Labute approximate surface area is 85.6 Å². The lowest BCUT2D eigenvalue weighted by atomic mass is 10.5. The summed E-state index contributed by atoms with van der Waals surface area (Å²) in [6, 6.07) is 0. The number of alkyl halides is 2. The molecule has 0 aromatic carbocycles. The second-order valence-corrected chi connectivity index (χ2v) is 2.84. The topological polar surface area (TPSA) is 64.9 Å². The molecule has 0 spiro atoms. The largest absolute Gasteiger partial charge is 0.374 e. The molecule has 0 saturated carbocycles. The van der Waals surface area contributed by atoms with Crippen molar-refractivity contribution >= 4 is 0 Å². The Kier molecular flexibility index (Phi) is 5.05. The first-order chi connectivity index (χ1) is 7.18. The van der Waals surface area contributed by atoms with Crippen LogP contribution < -0.4 is 5.32 Å². The molecule has 0 radical (unpaired) electrons. The molecule has 0 amide bonds. The number of halogens is 2. The van der Waals surface area contributed by atoms with Crippen LogP contribution in [0.2, 0.25) is 0 Å². The summed E-state index contributed by atoms with van der Waals surface area (Å²) in [4.78, 5) is 1.35. The molecule has 1 aromatic rings. The van der Waals surface area contributed by atoms with Crippen molar-refractivity contribution in [1.29, 1.82) is 0 Å². The van der Waals surface area contributed by atoms with Crippen LogP contribution in [0.5, 0.6) is 0 Å². The fourth-order valence-corrected chi connectivity index (χ4v) is 0.911. The van der Waals surface area contributed by atoms with Crippen LogP contribution in [0, 0.1) is 0 Å². The molecular formula is C7H13F2N5O. The first-order valence-electron chi connectivity index (χ1n) is 4.48. The van der Waals surface area contributed by atoms with Crippen molar-refractivity contribution in [3.63, 3.8) is 0 Å². The van der Waals surface area contributed by atoms with Gasteiger partial charge in [0.05, 0.1) is 20.2 Å². The molecule has 8 heteroatoms. The number of nitrogens with one attached hydrogen (secondary N) is 1. The fourth-order valence-electron chi connectivity index (χ4n) is 0.911. The lowest BCUT2D eigenvalue weighted by Gasteiger charge is -2.03. The van der Waals surface area contributed by atoms with Gasteiger partial charge in [-0.1, -0.05) is 0 Å². The van der Waals surface area contributed by atoms with Gasteiger partial charge in [-0.25, -0.2) is 8.78 Å². The average molecular weight is 221 g/mol. The molecule has 6 nitrogen and oxygen atoms in total. The highest BCUT2D eigenvalue weighted by molar-refractivity contribution is 4.74. The number of ether oxygens (including phenoxy) is 1. The summed E-state index contributed by atoms with van der Waals surface area (Å²) in [5, 5.41) is 14.2. The number of aryl methyl sites for hydroxylation is 1. The third-order valence-electron chi connectivity index (χ3n) is 1.50. The Morgan fingerprint density at radius 2 is 2.33 bits per heavy atom. The zero-order chi connectivity index (χ0) is 11.1. The van der Waals surface area contributed by atoms with E-state index in [1.165, 1.54) is 4.80 Å². The van der Waals surface area contributed by atoms with E-state index in [1.807, 2.05) is 0 Å². The molecule has 1 heterocycles. The number of tetrazole rings is 1. The SMILES string of the molecule is Cn1nnc(CNCCOCC(F)F)n1. The minimum atomic E-state index is -2.41. The van der Waals surface area contributed by atoms with Gasteiger partial charge in [-0.2, -0.15) is 4.80 Å². The Balaban J connectivity index is 1.98. The van der Waals surface area contributed by atoms with Gasteiger partial charge in [-0.05, 0) is 5.21 Å². The highest BCUT2D eigenvalue weighted by atomic mass is 19.3. The number of rotatable bonds is 7. The lowest BCUT2D eigenvalue weighted by Crippen LogP contribution is -2.21. The zero-order valence-corrected chi connectivity index (χ0v) is 8.36. The average Bonchev–Trinajstić information content (AvgIpc) is 2.57. The van der Waals surface area contributed by atoms with E-state index in [4.69, 9.17) is 0 Å². The van der Waals surface area contributed by atoms with Crippen molar-refractivity contribution < 1.29 is 13.5 Å². The lowest BCUT2D eigenvalue weighted by molar-refractivity contribution is 0.0187. The van der Waals surface area contributed by atoms with Crippen molar-refractivity contribution in [2.24, 2.45) is 7.05 Å². The summed E-state index contributed by atoms with van der Waals surface area (Å²) in [5.74, 6) is 0.561. The van der Waals surface area contributed by atoms with E-state index in [9.17, 15) is 8.78 Å². The van der Waals surface area contributed by atoms with Crippen molar-refractivity contribution in [3.8, 4) is 0 Å². The Bertz CT molecular complexity index is 280. The van der Waals surface area contributed by atoms with Crippen LogP contribution in [-0.2, 0) is 18.3 Å². The standard InChI is InChI=1S/C7H13F2N5O/c1-14-12-7(11-13-14)4-10-2-3-15-5-6(8)9/h6,10H,2-5H2,1H3. The maximum atomic E-state index is 11.6. The third-order valence-corrected chi connectivity index (χ3v) is 1.50. The van der Waals surface area contributed by atoms with Gasteiger partial charge in [-0.3, -0.25) is 0 Å². The number of aromatic nitrogens is 4. The van der Waals surface area contributed by atoms with Crippen LogP contribution in [0.3, 0.4) is 0 Å². The zero-order valence-electron chi connectivity index (χ0n) is 8.36. The highest BCUT2D eigenvalue weighted by Gasteiger charge is 2.01. The second-order valence-electron chi connectivity index (χ2n) is 2.84. The first-order valence-corrected chi connectivity index (χ1v) is 4.48. The maximum absolute atomic E-state index is 11.6. The minimum absolute atomic E-state index is 0.241. The Morgan fingerprint density at radius 3 is 2.93 bits per heavy atom. The van der Waals surface area contributed by atoms with Crippen molar-refractivity contribution in [3.05, 3.63) is 5.82 Å². The first kappa shape index (κ1) is 11.9. The molecule has 0 unspecified atom stereocenters.